The van der Waals surface area contributed by atoms with Crippen LogP contribution in [0.25, 0.3) is 0 Å². The van der Waals surface area contributed by atoms with E-state index >= 15 is 0 Å². The molecule has 0 saturated carbocycles. The van der Waals surface area contributed by atoms with Gasteiger partial charge in [-0.1, -0.05) is 17.8 Å². The van der Waals surface area contributed by atoms with Crippen LogP contribution in [0.3, 0.4) is 0 Å². The first-order valence-electron chi connectivity index (χ1n) is 6.95. The maximum atomic E-state index is 13.5. The molecule has 1 atom stereocenters. The molecule has 2 heterocycles. The fourth-order valence-corrected chi connectivity index (χ4v) is 3.39. The van der Waals surface area contributed by atoms with Crippen LogP contribution in [0.4, 0.5) is 8.78 Å². The zero-order chi connectivity index (χ0) is 16.4. The van der Waals surface area contributed by atoms with E-state index in [0.717, 1.165) is 12.1 Å². The first kappa shape index (κ1) is 15.7. The summed E-state index contributed by atoms with van der Waals surface area (Å²) in [6.45, 7) is -0.0199. The van der Waals surface area contributed by atoms with E-state index in [4.69, 9.17) is 0 Å². The van der Waals surface area contributed by atoms with Crippen molar-refractivity contribution in [1.29, 1.82) is 0 Å². The van der Waals surface area contributed by atoms with Crippen molar-refractivity contribution in [3.8, 4) is 0 Å². The second-order valence-corrected chi connectivity index (χ2v) is 6.09. The highest BCUT2D eigenvalue weighted by Crippen LogP contribution is 2.24. The summed E-state index contributed by atoms with van der Waals surface area (Å²) in [5.41, 5.74) is -0.399. The van der Waals surface area contributed by atoms with Gasteiger partial charge in [0.1, 0.15) is 11.6 Å². The van der Waals surface area contributed by atoms with Gasteiger partial charge in [-0.3, -0.25) is 14.2 Å². The number of carbonyl (C=O) groups is 1. The average Bonchev–Trinajstić information content (AvgIpc) is 2.54. The Morgan fingerprint density at radius 3 is 2.83 bits per heavy atom. The van der Waals surface area contributed by atoms with E-state index in [1.54, 1.807) is 0 Å². The third-order valence-corrected chi connectivity index (χ3v) is 4.74. The van der Waals surface area contributed by atoms with Crippen LogP contribution in [0, 0.1) is 17.6 Å². The van der Waals surface area contributed by atoms with Gasteiger partial charge in [0.05, 0.1) is 5.92 Å². The van der Waals surface area contributed by atoms with Crippen LogP contribution < -0.4 is 10.9 Å². The summed E-state index contributed by atoms with van der Waals surface area (Å²) in [4.78, 5) is 28.1. The zero-order valence-corrected chi connectivity index (χ0v) is 12.8. The predicted molar refractivity (Wildman–Crippen MR) is 80.9 cm³/mol. The highest BCUT2D eigenvalue weighted by molar-refractivity contribution is 7.99. The Hall–Kier alpha value is -2.22. The van der Waals surface area contributed by atoms with Crippen molar-refractivity contribution in [1.82, 2.24) is 14.9 Å². The molecule has 23 heavy (non-hydrogen) atoms. The number of nitrogens with zero attached hydrogens (tertiary/aromatic N) is 2. The minimum Gasteiger partial charge on any atom is -0.351 e. The molecule has 0 bridgehead atoms. The van der Waals surface area contributed by atoms with E-state index < -0.39 is 17.6 Å². The van der Waals surface area contributed by atoms with Crippen molar-refractivity contribution in [3.63, 3.8) is 0 Å². The van der Waals surface area contributed by atoms with Gasteiger partial charge in [-0.15, -0.1) is 0 Å². The summed E-state index contributed by atoms with van der Waals surface area (Å²) < 4.78 is 28.5. The van der Waals surface area contributed by atoms with Crippen LogP contribution in [0.1, 0.15) is 5.56 Å². The van der Waals surface area contributed by atoms with Crippen molar-refractivity contribution in [2.24, 2.45) is 5.92 Å². The first-order chi connectivity index (χ1) is 11.1. The van der Waals surface area contributed by atoms with E-state index in [0.29, 0.717) is 10.9 Å². The molecule has 0 aliphatic carbocycles. The molecule has 0 fully saturated rings. The lowest BCUT2D eigenvalue weighted by atomic mass is 10.1. The predicted octanol–water partition coefficient (Wildman–Crippen LogP) is 1.56. The highest BCUT2D eigenvalue weighted by Gasteiger charge is 2.26. The van der Waals surface area contributed by atoms with Gasteiger partial charge in [0.2, 0.25) is 5.91 Å². The lowest BCUT2D eigenvalue weighted by Crippen LogP contribution is -2.39. The zero-order valence-electron chi connectivity index (χ0n) is 12.0. The van der Waals surface area contributed by atoms with Crippen LogP contribution in [0.2, 0.25) is 0 Å². The third-order valence-electron chi connectivity index (χ3n) is 3.59. The topological polar surface area (TPSA) is 64.0 Å². The van der Waals surface area contributed by atoms with E-state index in [2.05, 4.69) is 10.3 Å². The Morgan fingerprint density at radius 2 is 2.09 bits per heavy atom. The minimum atomic E-state index is -0.700. The maximum Gasteiger partial charge on any atom is 0.254 e. The summed E-state index contributed by atoms with van der Waals surface area (Å²) in [6, 6.07) is 4.88. The molecular weight excluding hydrogens is 324 g/mol. The van der Waals surface area contributed by atoms with Crippen LogP contribution in [0.15, 0.2) is 40.4 Å². The van der Waals surface area contributed by atoms with Crippen molar-refractivity contribution in [3.05, 3.63) is 58.0 Å². The number of aromatic nitrogens is 2. The SMILES string of the molecule is O=C(NCc1c(F)cccc1F)C1CSc2nccc(=O)n2C1. The van der Waals surface area contributed by atoms with Gasteiger partial charge in [-0.25, -0.2) is 13.8 Å². The molecule has 120 valence electrons. The molecule has 1 N–H and O–H groups in total. The molecule has 1 amide bonds. The molecule has 2 aromatic rings. The number of hydrogen-bond acceptors (Lipinski definition) is 4. The molecule has 1 aliphatic rings. The molecule has 5 nitrogen and oxygen atoms in total. The van der Waals surface area contributed by atoms with Crippen molar-refractivity contribution < 1.29 is 13.6 Å². The van der Waals surface area contributed by atoms with E-state index in [1.807, 2.05) is 0 Å². The second kappa shape index (κ2) is 6.49. The number of amides is 1. The second-order valence-electron chi connectivity index (χ2n) is 5.10. The van der Waals surface area contributed by atoms with Gasteiger partial charge in [0.15, 0.2) is 5.16 Å². The van der Waals surface area contributed by atoms with Crippen molar-refractivity contribution >= 4 is 17.7 Å². The van der Waals surface area contributed by atoms with Gasteiger partial charge in [-0.05, 0) is 12.1 Å². The molecular formula is C15H13F2N3O2S. The number of nitrogens with one attached hydrogen (secondary N) is 1. The number of halogens is 2. The number of rotatable bonds is 3. The summed E-state index contributed by atoms with van der Waals surface area (Å²) >= 11 is 1.31. The molecule has 1 aromatic carbocycles. The number of carbonyl (C=O) groups excluding carboxylic acids is 1. The van der Waals surface area contributed by atoms with Crippen molar-refractivity contribution in [2.45, 2.75) is 18.2 Å². The van der Waals surface area contributed by atoms with Crippen LogP contribution in [-0.4, -0.2) is 21.2 Å². The molecule has 0 radical (unpaired) electrons. The molecule has 1 aliphatic heterocycles. The normalized spacial score (nSPS) is 16.7. The Morgan fingerprint density at radius 1 is 1.35 bits per heavy atom. The summed E-state index contributed by atoms with van der Waals surface area (Å²) in [5, 5.41) is 3.10. The molecule has 0 spiro atoms. The summed E-state index contributed by atoms with van der Waals surface area (Å²) in [5.74, 6) is -1.74. The van der Waals surface area contributed by atoms with Crippen molar-refractivity contribution in [2.75, 3.05) is 5.75 Å². The number of thioether (sulfide) groups is 1. The fraction of sp³-hybridized carbons (Fsp3) is 0.267. The standard InChI is InChI=1S/C15H13F2N3O2S/c16-11-2-1-3-12(17)10(11)6-19-14(22)9-7-20-13(21)4-5-18-15(20)23-8-9/h1-5,9H,6-8H2,(H,19,22). The van der Waals surface area contributed by atoms with Crippen LogP contribution in [-0.2, 0) is 17.9 Å². The van der Waals surface area contributed by atoms with Gasteiger partial charge in [-0.2, -0.15) is 0 Å². The third kappa shape index (κ3) is 3.26. The highest BCUT2D eigenvalue weighted by atomic mass is 32.2. The Kier molecular flexibility index (Phi) is 4.42. The van der Waals surface area contributed by atoms with E-state index in [-0.39, 0.29) is 30.1 Å². The smallest absolute Gasteiger partial charge is 0.254 e. The quantitative estimate of drug-likeness (QED) is 0.864. The van der Waals surface area contributed by atoms with Gasteiger partial charge in [0.25, 0.3) is 5.56 Å². The van der Waals surface area contributed by atoms with E-state index in [9.17, 15) is 18.4 Å². The lowest BCUT2D eigenvalue weighted by Gasteiger charge is -2.23. The van der Waals surface area contributed by atoms with Gasteiger partial charge >= 0.3 is 0 Å². The molecule has 1 unspecified atom stereocenters. The Bertz CT molecular complexity index is 789. The molecule has 3 rings (SSSR count). The van der Waals surface area contributed by atoms with E-state index in [1.165, 1.54) is 34.7 Å². The fourth-order valence-electron chi connectivity index (χ4n) is 2.33. The number of hydrogen-bond donors (Lipinski definition) is 1. The van der Waals surface area contributed by atoms with Crippen LogP contribution in [0.5, 0.6) is 0 Å². The monoisotopic (exact) mass is 337 g/mol. The van der Waals surface area contributed by atoms with Gasteiger partial charge in [0, 0.05) is 36.7 Å². The molecule has 0 saturated heterocycles. The van der Waals surface area contributed by atoms with Crippen LogP contribution >= 0.6 is 11.8 Å². The lowest BCUT2D eigenvalue weighted by molar-refractivity contribution is -0.125. The Labute approximate surface area is 134 Å². The number of fused-ring (bicyclic) bond motifs is 1. The summed E-state index contributed by atoms with van der Waals surface area (Å²) in [7, 11) is 0. The maximum absolute atomic E-state index is 13.5. The Balaban J connectivity index is 1.68. The average molecular weight is 337 g/mol. The summed E-state index contributed by atoms with van der Waals surface area (Å²) in [6.07, 6.45) is 1.43. The van der Waals surface area contributed by atoms with Gasteiger partial charge < -0.3 is 5.32 Å². The largest absolute Gasteiger partial charge is 0.351 e. The first-order valence-corrected chi connectivity index (χ1v) is 7.94. The molecule has 1 aromatic heterocycles. The minimum absolute atomic E-state index is 0.177. The number of benzene rings is 1. The molecule has 8 heteroatoms.